The molecule has 1 N–H and O–H groups in total. The highest BCUT2D eigenvalue weighted by atomic mass is 32.2. The molecule has 5 nitrogen and oxygen atoms in total. The van der Waals surface area contributed by atoms with E-state index >= 15 is 0 Å². The van der Waals surface area contributed by atoms with E-state index in [1.807, 2.05) is 25.1 Å². The highest BCUT2D eigenvalue weighted by Crippen LogP contribution is 2.22. The van der Waals surface area contributed by atoms with E-state index in [4.69, 9.17) is 0 Å². The molecule has 2 amide bonds. The molecule has 0 bridgehead atoms. The predicted molar refractivity (Wildman–Crippen MR) is 91.2 cm³/mol. The van der Waals surface area contributed by atoms with Crippen LogP contribution >= 0.6 is 11.8 Å². The Hall–Kier alpha value is -1.82. The average Bonchev–Trinajstić information content (AvgIpc) is 3.08. The Labute approximate surface area is 140 Å². The van der Waals surface area contributed by atoms with Crippen LogP contribution < -0.4 is 5.32 Å². The van der Waals surface area contributed by atoms with E-state index in [0.29, 0.717) is 24.3 Å². The van der Waals surface area contributed by atoms with Crippen molar-refractivity contribution < 1.29 is 14.4 Å². The lowest BCUT2D eigenvalue weighted by molar-refractivity contribution is -0.140. The summed E-state index contributed by atoms with van der Waals surface area (Å²) < 4.78 is 0. The van der Waals surface area contributed by atoms with Crippen molar-refractivity contribution in [3.8, 4) is 0 Å². The van der Waals surface area contributed by atoms with Gasteiger partial charge in [0.1, 0.15) is 6.04 Å². The molecule has 124 valence electrons. The normalized spacial score (nSPS) is 18.5. The van der Waals surface area contributed by atoms with E-state index in [2.05, 4.69) is 5.32 Å². The molecule has 1 heterocycles. The van der Waals surface area contributed by atoms with Gasteiger partial charge < -0.3 is 10.2 Å². The van der Waals surface area contributed by atoms with Gasteiger partial charge in [-0.3, -0.25) is 14.4 Å². The lowest BCUT2D eigenvalue weighted by Crippen LogP contribution is -2.47. The van der Waals surface area contributed by atoms with Crippen LogP contribution in [0.2, 0.25) is 0 Å². The van der Waals surface area contributed by atoms with Gasteiger partial charge in [0.25, 0.3) is 0 Å². The van der Waals surface area contributed by atoms with Crippen molar-refractivity contribution >= 4 is 28.7 Å². The summed E-state index contributed by atoms with van der Waals surface area (Å²) >= 11 is 1.15. The lowest BCUT2D eigenvalue weighted by Gasteiger charge is -2.26. The zero-order valence-corrected chi connectivity index (χ0v) is 14.3. The largest absolute Gasteiger partial charge is 0.357 e. The molecule has 0 radical (unpaired) electrons. The van der Waals surface area contributed by atoms with E-state index in [9.17, 15) is 14.4 Å². The van der Waals surface area contributed by atoms with Crippen LogP contribution in [0.25, 0.3) is 0 Å². The van der Waals surface area contributed by atoms with Crippen LogP contribution in [0.15, 0.2) is 30.3 Å². The fourth-order valence-corrected chi connectivity index (χ4v) is 3.53. The minimum Gasteiger partial charge on any atom is -0.357 e. The zero-order chi connectivity index (χ0) is 16.8. The monoisotopic (exact) mass is 334 g/mol. The molecule has 0 spiro atoms. The second-order valence-electron chi connectivity index (χ2n) is 5.67. The van der Waals surface area contributed by atoms with E-state index in [1.54, 1.807) is 24.1 Å². The predicted octanol–water partition coefficient (Wildman–Crippen LogP) is 1.93. The van der Waals surface area contributed by atoms with Gasteiger partial charge in [-0.25, -0.2) is 0 Å². The summed E-state index contributed by atoms with van der Waals surface area (Å²) in [5.41, 5.74) is 0.640. The molecule has 0 aromatic heterocycles. The Bertz CT molecular complexity index is 576. The molecule has 0 unspecified atom stereocenters. The second kappa shape index (κ2) is 8.15. The first kappa shape index (κ1) is 17.5. The third kappa shape index (κ3) is 4.34. The van der Waals surface area contributed by atoms with Gasteiger partial charge in [0.2, 0.25) is 16.9 Å². The number of amides is 2. The maximum atomic E-state index is 12.5. The molecule has 2 atom stereocenters. The number of nitrogens with zero attached hydrogens (tertiary/aromatic N) is 1. The summed E-state index contributed by atoms with van der Waals surface area (Å²) in [5.74, 6) is -0.0396. The first-order chi connectivity index (χ1) is 11.0. The molecule has 0 saturated carbocycles. The summed E-state index contributed by atoms with van der Waals surface area (Å²) in [6.07, 6.45) is 1.54. The number of rotatable bonds is 5. The second-order valence-corrected chi connectivity index (χ2v) is 6.66. The first-order valence-electron chi connectivity index (χ1n) is 7.79. The van der Waals surface area contributed by atoms with Gasteiger partial charge >= 0.3 is 0 Å². The van der Waals surface area contributed by atoms with Crippen molar-refractivity contribution in [3.05, 3.63) is 35.9 Å². The third-order valence-corrected chi connectivity index (χ3v) is 5.14. The number of likely N-dealkylation sites (tertiary alicyclic amines) is 1. The quantitative estimate of drug-likeness (QED) is 0.893. The Morgan fingerprint density at radius 2 is 2.00 bits per heavy atom. The summed E-state index contributed by atoms with van der Waals surface area (Å²) in [7, 11) is 1.58. The number of hydrogen-bond donors (Lipinski definition) is 1. The topological polar surface area (TPSA) is 66.5 Å². The fourth-order valence-electron chi connectivity index (χ4n) is 2.68. The maximum absolute atomic E-state index is 12.5. The van der Waals surface area contributed by atoms with Crippen molar-refractivity contribution in [3.63, 3.8) is 0 Å². The van der Waals surface area contributed by atoms with Crippen LogP contribution in [0, 0.1) is 5.92 Å². The van der Waals surface area contributed by atoms with E-state index in [-0.39, 0.29) is 28.9 Å². The molecule has 1 aliphatic rings. The van der Waals surface area contributed by atoms with E-state index in [1.165, 1.54) is 0 Å². The average molecular weight is 334 g/mol. The molecule has 1 saturated heterocycles. The van der Waals surface area contributed by atoms with Gasteiger partial charge in [-0.05, 0) is 12.8 Å². The number of carbonyl (C=O) groups excluding carboxylic acids is 3. The molecule has 1 aliphatic heterocycles. The zero-order valence-electron chi connectivity index (χ0n) is 13.5. The fraction of sp³-hybridized carbons (Fsp3) is 0.471. The van der Waals surface area contributed by atoms with Crippen LogP contribution in [0.5, 0.6) is 0 Å². The molecule has 1 aromatic rings. The van der Waals surface area contributed by atoms with Gasteiger partial charge in [-0.15, -0.1) is 0 Å². The van der Waals surface area contributed by atoms with Crippen molar-refractivity contribution in [2.45, 2.75) is 25.8 Å². The summed E-state index contributed by atoms with van der Waals surface area (Å²) in [4.78, 5) is 38.1. The molecule has 1 fully saturated rings. The minimum absolute atomic E-state index is 0.0328. The van der Waals surface area contributed by atoms with Gasteiger partial charge in [0, 0.05) is 30.8 Å². The number of carbonyl (C=O) groups is 3. The summed E-state index contributed by atoms with van der Waals surface area (Å²) in [5, 5.41) is 2.58. The maximum Gasteiger partial charge on any atom is 0.242 e. The molecule has 2 rings (SSSR count). The molecular weight excluding hydrogens is 312 g/mol. The molecule has 6 heteroatoms. The van der Waals surface area contributed by atoms with Gasteiger partial charge in [-0.1, -0.05) is 49.0 Å². The first-order valence-corrected chi connectivity index (χ1v) is 8.77. The summed E-state index contributed by atoms with van der Waals surface area (Å²) in [6.45, 7) is 2.42. The highest BCUT2D eigenvalue weighted by Gasteiger charge is 2.35. The van der Waals surface area contributed by atoms with Crippen molar-refractivity contribution in [1.29, 1.82) is 0 Å². The Morgan fingerprint density at radius 3 is 2.65 bits per heavy atom. The van der Waals surface area contributed by atoms with E-state index in [0.717, 1.165) is 18.2 Å². The number of benzene rings is 1. The number of thioether (sulfide) groups is 1. The molecule has 1 aromatic carbocycles. The van der Waals surface area contributed by atoms with Crippen molar-refractivity contribution in [1.82, 2.24) is 10.2 Å². The number of hydrogen-bond acceptors (Lipinski definition) is 4. The molecule has 23 heavy (non-hydrogen) atoms. The summed E-state index contributed by atoms with van der Waals surface area (Å²) in [6, 6.07) is 8.67. The van der Waals surface area contributed by atoms with Crippen LogP contribution in [-0.2, 0) is 9.59 Å². The SMILES string of the molecule is CNC(=O)[C@@H]1CCCN1C(=O)[C@@H](C)CSC(=O)c1ccccc1. The Morgan fingerprint density at radius 1 is 1.30 bits per heavy atom. The lowest BCUT2D eigenvalue weighted by atomic mass is 10.1. The Balaban J connectivity index is 1.90. The standard InChI is InChI=1S/C17H22N2O3S/c1-12(11-23-17(22)13-7-4-3-5-8-13)16(21)19-10-6-9-14(19)15(20)18-2/h3-5,7-8,12,14H,6,9-11H2,1-2H3,(H,18,20)/t12-,14-/m0/s1. The van der Waals surface area contributed by atoms with Crippen molar-refractivity contribution in [2.24, 2.45) is 5.92 Å². The Kier molecular flexibility index (Phi) is 6.21. The van der Waals surface area contributed by atoms with Gasteiger partial charge in [-0.2, -0.15) is 0 Å². The van der Waals surface area contributed by atoms with Crippen LogP contribution in [-0.4, -0.2) is 47.2 Å². The van der Waals surface area contributed by atoms with Gasteiger partial charge in [0.15, 0.2) is 0 Å². The van der Waals surface area contributed by atoms with E-state index < -0.39 is 0 Å². The number of nitrogens with one attached hydrogen (secondary N) is 1. The third-order valence-electron chi connectivity index (χ3n) is 3.98. The van der Waals surface area contributed by atoms with Crippen LogP contribution in [0.3, 0.4) is 0 Å². The number of likely N-dealkylation sites (N-methyl/N-ethyl adjacent to an activating group) is 1. The van der Waals surface area contributed by atoms with Crippen molar-refractivity contribution in [2.75, 3.05) is 19.3 Å². The molecule has 0 aliphatic carbocycles. The highest BCUT2D eigenvalue weighted by molar-refractivity contribution is 8.14. The smallest absolute Gasteiger partial charge is 0.242 e. The molecular formula is C17H22N2O3S. The minimum atomic E-state index is -0.371. The van der Waals surface area contributed by atoms with Crippen LogP contribution in [0.1, 0.15) is 30.1 Å². The van der Waals surface area contributed by atoms with Crippen LogP contribution in [0.4, 0.5) is 0 Å². The van der Waals surface area contributed by atoms with Gasteiger partial charge in [0.05, 0.1) is 0 Å².